The first-order valence-electron chi connectivity index (χ1n) is 10.0. The van der Waals surface area contributed by atoms with E-state index in [4.69, 9.17) is 4.98 Å². The number of allylic oxidation sites excluding steroid dienone is 2. The van der Waals surface area contributed by atoms with Gasteiger partial charge in [-0.3, -0.25) is 0 Å². The van der Waals surface area contributed by atoms with Gasteiger partial charge in [-0.15, -0.1) is 0 Å². The first-order valence-corrected chi connectivity index (χ1v) is 10.0. The fourth-order valence-electron chi connectivity index (χ4n) is 4.35. The first kappa shape index (κ1) is 16.5. The third-order valence-electron chi connectivity index (χ3n) is 5.91. The Morgan fingerprint density at radius 3 is 2.63 bits per heavy atom. The molecule has 3 aromatic rings. The highest BCUT2D eigenvalue weighted by Gasteiger charge is 2.22. The highest BCUT2D eigenvalue weighted by molar-refractivity contribution is 5.71. The predicted molar refractivity (Wildman–Crippen MR) is 108 cm³/mol. The highest BCUT2D eigenvalue weighted by Crippen LogP contribution is 2.28. The van der Waals surface area contributed by atoms with E-state index in [9.17, 15) is 0 Å². The second-order valence-corrected chi connectivity index (χ2v) is 7.72. The predicted octanol–water partition coefficient (Wildman–Crippen LogP) is 4.18. The van der Waals surface area contributed by atoms with Crippen LogP contribution < -0.4 is 4.90 Å². The molecule has 138 valence electrons. The van der Waals surface area contributed by atoms with Crippen molar-refractivity contribution in [3.63, 3.8) is 0 Å². The zero-order chi connectivity index (χ0) is 18.1. The van der Waals surface area contributed by atoms with Crippen LogP contribution in [0.15, 0.2) is 55.0 Å². The molecule has 1 aromatic carbocycles. The Hall–Kier alpha value is -2.69. The van der Waals surface area contributed by atoms with Crippen molar-refractivity contribution in [2.24, 2.45) is 5.92 Å². The largest absolute Gasteiger partial charge is 0.341 e. The smallest absolute Gasteiger partial charge is 0.227 e. The van der Waals surface area contributed by atoms with Gasteiger partial charge in [-0.05, 0) is 43.6 Å². The molecule has 0 N–H and O–H groups in total. The van der Waals surface area contributed by atoms with Crippen LogP contribution in [-0.2, 0) is 6.42 Å². The molecule has 27 heavy (non-hydrogen) atoms. The molecule has 0 bridgehead atoms. The van der Waals surface area contributed by atoms with Gasteiger partial charge in [0.1, 0.15) is 5.52 Å². The average Bonchev–Trinajstić information content (AvgIpc) is 3.38. The topological polar surface area (TPSA) is 46.8 Å². The van der Waals surface area contributed by atoms with Gasteiger partial charge in [0.15, 0.2) is 5.65 Å². The molecule has 1 atom stereocenters. The summed E-state index contributed by atoms with van der Waals surface area (Å²) < 4.78 is 2.20. The number of imidazole rings is 1. The number of anilines is 1. The van der Waals surface area contributed by atoms with Crippen LogP contribution in [-0.4, -0.2) is 32.6 Å². The third kappa shape index (κ3) is 3.34. The van der Waals surface area contributed by atoms with E-state index in [-0.39, 0.29) is 0 Å². The van der Waals surface area contributed by atoms with E-state index in [2.05, 4.69) is 61.9 Å². The summed E-state index contributed by atoms with van der Waals surface area (Å²) in [6.45, 7) is 2.06. The van der Waals surface area contributed by atoms with Crippen molar-refractivity contribution >= 4 is 17.1 Å². The molecule has 3 heterocycles. The summed E-state index contributed by atoms with van der Waals surface area (Å²) in [6.07, 6.45) is 14.1. The summed E-state index contributed by atoms with van der Waals surface area (Å²) in [5.41, 5.74) is 3.29. The minimum Gasteiger partial charge on any atom is -0.341 e. The van der Waals surface area contributed by atoms with Crippen molar-refractivity contribution < 1.29 is 0 Å². The van der Waals surface area contributed by atoms with E-state index in [0.717, 1.165) is 49.0 Å². The van der Waals surface area contributed by atoms with Crippen molar-refractivity contribution in [3.8, 4) is 0 Å². The molecule has 1 unspecified atom stereocenters. The number of hydrogen-bond acceptors (Lipinski definition) is 4. The van der Waals surface area contributed by atoms with E-state index in [1.165, 1.54) is 24.8 Å². The van der Waals surface area contributed by atoms with Crippen LogP contribution in [0.4, 0.5) is 5.95 Å². The van der Waals surface area contributed by atoms with Gasteiger partial charge in [0.2, 0.25) is 5.95 Å². The van der Waals surface area contributed by atoms with E-state index in [0.29, 0.717) is 6.04 Å². The minimum absolute atomic E-state index is 0.384. The fourth-order valence-corrected chi connectivity index (χ4v) is 4.35. The van der Waals surface area contributed by atoms with Crippen molar-refractivity contribution in [2.45, 2.75) is 38.1 Å². The van der Waals surface area contributed by atoms with Gasteiger partial charge in [-0.1, -0.05) is 42.5 Å². The maximum absolute atomic E-state index is 4.89. The lowest BCUT2D eigenvalue weighted by atomic mass is 9.90. The number of fused-ring (bicyclic) bond motifs is 1. The molecule has 0 radical (unpaired) electrons. The van der Waals surface area contributed by atoms with Crippen molar-refractivity contribution in [1.29, 1.82) is 0 Å². The molecule has 0 saturated carbocycles. The van der Waals surface area contributed by atoms with Gasteiger partial charge < -0.3 is 9.47 Å². The Balaban J connectivity index is 1.30. The molecule has 5 nitrogen and oxygen atoms in total. The van der Waals surface area contributed by atoms with Crippen LogP contribution in [0.3, 0.4) is 0 Å². The van der Waals surface area contributed by atoms with E-state index in [1.807, 2.05) is 12.5 Å². The van der Waals surface area contributed by atoms with Crippen LogP contribution >= 0.6 is 0 Å². The van der Waals surface area contributed by atoms with Crippen LogP contribution in [0, 0.1) is 5.92 Å². The summed E-state index contributed by atoms with van der Waals surface area (Å²) in [5.74, 6) is 1.60. The van der Waals surface area contributed by atoms with Gasteiger partial charge in [0.25, 0.3) is 0 Å². The molecule has 5 rings (SSSR count). The molecule has 1 fully saturated rings. The summed E-state index contributed by atoms with van der Waals surface area (Å²) in [4.78, 5) is 16.3. The molecule has 0 spiro atoms. The third-order valence-corrected chi connectivity index (χ3v) is 5.91. The Bertz CT molecular complexity index is 938. The number of rotatable bonds is 4. The summed E-state index contributed by atoms with van der Waals surface area (Å²) in [6, 6.07) is 11.2. The van der Waals surface area contributed by atoms with Crippen molar-refractivity contribution in [3.05, 3.63) is 60.6 Å². The Morgan fingerprint density at radius 1 is 1.00 bits per heavy atom. The minimum atomic E-state index is 0.384. The molecule has 0 amide bonds. The molecule has 2 aromatic heterocycles. The Morgan fingerprint density at radius 2 is 1.85 bits per heavy atom. The summed E-state index contributed by atoms with van der Waals surface area (Å²) >= 11 is 0. The van der Waals surface area contributed by atoms with E-state index >= 15 is 0 Å². The molecular weight excluding hydrogens is 334 g/mol. The standard InChI is InChI=1S/C22H25N5/c1-2-6-17(7-3-1)14-18-10-12-26(13-11-18)22-23-15-20-21(25-22)27(16-24-20)19-8-4-5-9-19/h1-4,6-8,15-16,18-19H,5,9-14H2. The lowest BCUT2D eigenvalue weighted by molar-refractivity contribution is 0.400. The Labute approximate surface area is 159 Å². The number of piperidine rings is 1. The fraction of sp³-hybridized carbons (Fsp3) is 0.409. The number of aromatic nitrogens is 4. The van der Waals surface area contributed by atoms with E-state index < -0.39 is 0 Å². The maximum atomic E-state index is 4.89. The van der Waals surface area contributed by atoms with Crippen molar-refractivity contribution in [2.75, 3.05) is 18.0 Å². The van der Waals surface area contributed by atoms with Crippen LogP contribution in [0.1, 0.15) is 37.3 Å². The lowest BCUT2D eigenvalue weighted by Gasteiger charge is -2.32. The van der Waals surface area contributed by atoms with Crippen LogP contribution in [0.5, 0.6) is 0 Å². The Kier molecular flexibility index (Phi) is 4.36. The highest BCUT2D eigenvalue weighted by atomic mass is 15.3. The molecule has 1 aliphatic heterocycles. The quantitative estimate of drug-likeness (QED) is 0.656. The number of hydrogen-bond donors (Lipinski definition) is 0. The maximum Gasteiger partial charge on any atom is 0.227 e. The van der Waals surface area contributed by atoms with Gasteiger partial charge in [0.05, 0.1) is 18.6 Å². The van der Waals surface area contributed by atoms with E-state index in [1.54, 1.807) is 0 Å². The van der Waals surface area contributed by atoms with Crippen molar-refractivity contribution in [1.82, 2.24) is 19.5 Å². The summed E-state index contributed by atoms with van der Waals surface area (Å²) in [7, 11) is 0. The van der Waals surface area contributed by atoms with Gasteiger partial charge in [-0.2, -0.15) is 4.98 Å². The number of benzene rings is 1. The molecule has 1 saturated heterocycles. The lowest BCUT2D eigenvalue weighted by Crippen LogP contribution is -2.35. The normalized spacial score (nSPS) is 20.6. The monoisotopic (exact) mass is 359 g/mol. The zero-order valence-corrected chi connectivity index (χ0v) is 15.5. The molecule has 2 aliphatic rings. The van der Waals surface area contributed by atoms with Gasteiger partial charge >= 0.3 is 0 Å². The molecular formula is C22H25N5. The SMILES string of the molecule is C1=CC(n2cnc3cnc(N4CCC(Cc5ccccc5)CC4)nc32)CC1. The second-order valence-electron chi connectivity index (χ2n) is 7.72. The average molecular weight is 359 g/mol. The first-order chi connectivity index (χ1) is 13.4. The van der Waals surface area contributed by atoms with Gasteiger partial charge in [0, 0.05) is 13.1 Å². The van der Waals surface area contributed by atoms with Crippen LogP contribution in [0.25, 0.3) is 11.2 Å². The molecule has 1 aliphatic carbocycles. The zero-order valence-electron chi connectivity index (χ0n) is 15.5. The van der Waals surface area contributed by atoms with Crippen LogP contribution in [0.2, 0.25) is 0 Å². The molecule has 5 heteroatoms. The van der Waals surface area contributed by atoms with Gasteiger partial charge in [-0.25, -0.2) is 9.97 Å². The summed E-state index contributed by atoms with van der Waals surface area (Å²) in [5, 5.41) is 0. The number of nitrogens with zero attached hydrogens (tertiary/aromatic N) is 5. The second kappa shape index (κ2) is 7.14.